The molecular formula is C12H18N2O3S2. The molecule has 19 heavy (non-hydrogen) atoms. The van der Waals surface area contributed by atoms with Crippen molar-refractivity contribution >= 4 is 40.2 Å². The van der Waals surface area contributed by atoms with Crippen LogP contribution in [0.15, 0.2) is 11.1 Å². The number of thiocarbonyl (C=S) groups is 1. The Morgan fingerprint density at radius 1 is 1.58 bits per heavy atom. The first kappa shape index (κ1) is 16.0. The highest BCUT2D eigenvalue weighted by Crippen LogP contribution is 2.23. The van der Waals surface area contributed by atoms with Crippen LogP contribution >= 0.6 is 24.0 Å². The lowest BCUT2D eigenvalue weighted by molar-refractivity contribution is -0.142. The molecule has 0 bridgehead atoms. The van der Waals surface area contributed by atoms with Crippen molar-refractivity contribution in [2.45, 2.75) is 26.2 Å². The molecule has 0 aromatic heterocycles. The van der Waals surface area contributed by atoms with Crippen LogP contribution in [0.4, 0.5) is 0 Å². The number of carbonyl (C=O) groups is 2. The van der Waals surface area contributed by atoms with Gasteiger partial charge in [0, 0.05) is 19.8 Å². The van der Waals surface area contributed by atoms with E-state index in [0.717, 1.165) is 6.42 Å². The van der Waals surface area contributed by atoms with Crippen LogP contribution in [0.1, 0.15) is 26.2 Å². The monoisotopic (exact) mass is 302 g/mol. The number of aliphatic carboxylic acids is 1. The molecule has 5 nitrogen and oxygen atoms in total. The Kier molecular flexibility index (Phi) is 6.30. The van der Waals surface area contributed by atoms with Crippen molar-refractivity contribution in [3.05, 3.63) is 11.1 Å². The second-order valence-electron chi connectivity index (χ2n) is 4.43. The molecule has 1 saturated heterocycles. The van der Waals surface area contributed by atoms with Gasteiger partial charge >= 0.3 is 5.97 Å². The fourth-order valence-electron chi connectivity index (χ4n) is 1.77. The number of nitrogens with one attached hydrogen (secondary N) is 1. The van der Waals surface area contributed by atoms with Gasteiger partial charge < -0.3 is 15.3 Å². The summed E-state index contributed by atoms with van der Waals surface area (Å²) in [7, 11) is 1.83. The number of rotatable bonds is 7. The first-order valence-corrected chi connectivity index (χ1v) is 7.34. The standard InChI is InChI=1S/C12H18N2O3S2/c1-3-4-8(11(16)17)5-6-14(2)7-9-10(15)13-12(18)19-9/h7-8H,3-6H2,1-2H3,(H,16,17)(H,13,15,18). The summed E-state index contributed by atoms with van der Waals surface area (Å²) in [5.41, 5.74) is 0. The topological polar surface area (TPSA) is 69.6 Å². The molecule has 0 aromatic rings. The molecule has 2 N–H and O–H groups in total. The lowest BCUT2D eigenvalue weighted by Gasteiger charge is -2.17. The van der Waals surface area contributed by atoms with Crippen molar-refractivity contribution < 1.29 is 14.7 Å². The van der Waals surface area contributed by atoms with Gasteiger partial charge in [0.05, 0.1) is 10.8 Å². The molecule has 106 valence electrons. The molecule has 1 amide bonds. The van der Waals surface area contributed by atoms with Gasteiger partial charge in [-0.25, -0.2) is 0 Å². The predicted molar refractivity (Wildman–Crippen MR) is 79.7 cm³/mol. The third-order valence-corrected chi connectivity index (χ3v) is 3.95. The number of nitrogens with zero attached hydrogens (tertiary/aromatic N) is 1. The molecule has 0 radical (unpaired) electrons. The fourth-order valence-corrected chi connectivity index (χ4v) is 2.86. The zero-order chi connectivity index (χ0) is 14.4. The van der Waals surface area contributed by atoms with Gasteiger partial charge in [0.15, 0.2) is 0 Å². The largest absolute Gasteiger partial charge is 0.481 e. The summed E-state index contributed by atoms with van der Waals surface area (Å²) in [6.45, 7) is 2.57. The zero-order valence-electron chi connectivity index (χ0n) is 11.0. The van der Waals surface area contributed by atoms with Gasteiger partial charge in [-0.1, -0.05) is 37.3 Å². The summed E-state index contributed by atoms with van der Waals surface area (Å²) < 4.78 is 0.457. The second kappa shape index (κ2) is 7.49. The number of carboxylic acid groups (broad SMARTS) is 1. The number of hydrogen-bond donors (Lipinski definition) is 2. The highest BCUT2D eigenvalue weighted by atomic mass is 32.2. The molecular weight excluding hydrogens is 284 g/mol. The number of carbonyl (C=O) groups excluding carboxylic acids is 1. The first-order valence-electron chi connectivity index (χ1n) is 6.12. The van der Waals surface area contributed by atoms with Crippen molar-refractivity contribution in [2.24, 2.45) is 5.92 Å². The van der Waals surface area contributed by atoms with E-state index in [2.05, 4.69) is 5.32 Å². The number of carboxylic acids is 1. The molecule has 0 spiro atoms. The molecule has 7 heteroatoms. The van der Waals surface area contributed by atoms with E-state index in [-0.39, 0.29) is 11.8 Å². The molecule has 0 saturated carbocycles. The predicted octanol–water partition coefficient (Wildman–Crippen LogP) is 1.80. The average molecular weight is 302 g/mol. The van der Waals surface area contributed by atoms with Gasteiger partial charge in [-0.2, -0.15) is 0 Å². The normalized spacial score (nSPS) is 18.5. The fraction of sp³-hybridized carbons (Fsp3) is 0.583. The van der Waals surface area contributed by atoms with Crippen LogP contribution < -0.4 is 5.32 Å². The zero-order valence-corrected chi connectivity index (χ0v) is 12.6. The smallest absolute Gasteiger partial charge is 0.306 e. The first-order chi connectivity index (χ1) is 8.93. The number of hydrogen-bond acceptors (Lipinski definition) is 5. The Labute approximate surface area is 122 Å². The lowest BCUT2D eigenvalue weighted by atomic mass is 10.00. The van der Waals surface area contributed by atoms with E-state index < -0.39 is 5.97 Å². The summed E-state index contributed by atoms with van der Waals surface area (Å²) in [6.07, 6.45) is 3.82. The summed E-state index contributed by atoms with van der Waals surface area (Å²) in [5, 5.41) is 11.6. The number of amides is 1. The van der Waals surface area contributed by atoms with E-state index in [1.54, 1.807) is 6.20 Å². The summed E-state index contributed by atoms with van der Waals surface area (Å²) in [4.78, 5) is 24.9. The average Bonchev–Trinajstić information content (AvgIpc) is 2.62. The van der Waals surface area contributed by atoms with Gasteiger partial charge in [0.25, 0.3) is 5.91 Å². The third kappa shape index (κ3) is 5.20. The molecule has 1 rings (SSSR count). The maximum absolute atomic E-state index is 11.5. The molecule has 1 heterocycles. The molecule has 1 unspecified atom stereocenters. The van der Waals surface area contributed by atoms with Crippen molar-refractivity contribution in [2.75, 3.05) is 13.6 Å². The Balaban J connectivity index is 2.49. The van der Waals surface area contributed by atoms with Crippen LogP contribution in [0.25, 0.3) is 0 Å². The molecule has 1 aliphatic rings. The summed E-state index contributed by atoms with van der Waals surface area (Å²) in [5.74, 6) is -1.26. The van der Waals surface area contributed by atoms with Crippen molar-refractivity contribution in [1.82, 2.24) is 10.2 Å². The van der Waals surface area contributed by atoms with E-state index in [0.29, 0.717) is 28.6 Å². The van der Waals surface area contributed by atoms with Gasteiger partial charge in [-0.05, 0) is 12.8 Å². The van der Waals surface area contributed by atoms with E-state index in [1.807, 2.05) is 18.9 Å². The van der Waals surface area contributed by atoms with Crippen LogP contribution in [0.5, 0.6) is 0 Å². The lowest BCUT2D eigenvalue weighted by Crippen LogP contribution is -2.22. The van der Waals surface area contributed by atoms with Crippen molar-refractivity contribution in [3.63, 3.8) is 0 Å². The summed E-state index contributed by atoms with van der Waals surface area (Å²) >= 11 is 6.12. The van der Waals surface area contributed by atoms with E-state index in [9.17, 15) is 9.59 Å². The maximum Gasteiger partial charge on any atom is 0.306 e. The summed E-state index contributed by atoms with van der Waals surface area (Å²) in [6, 6.07) is 0. The van der Waals surface area contributed by atoms with E-state index in [4.69, 9.17) is 17.3 Å². The minimum Gasteiger partial charge on any atom is -0.481 e. The maximum atomic E-state index is 11.5. The Bertz CT molecular complexity index is 410. The number of thioether (sulfide) groups is 1. The van der Waals surface area contributed by atoms with Crippen LogP contribution in [-0.2, 0) is 9.59 Å². The van der Waals surface area contributed by atoms with Crippen LogP contribution in [-0.4, -0.2) is 39.8 Å². The minimum atomic E-state index is -0.753. The quantitative estimate of drug-likeness (QED) is 0.552. The van der Waals surface area contributed by atoms with Crippen molar-refractivity contribution in [1.29, 1.82) is 0 Å². The minimum absolute atomic E-state index is 0.190. The molecule has 1 atom stereocenters. The molecule has 1 aliphatic heterocycles. The highest BCUT2D eigenvalue weighted by molar-refractivity contribution is 8.26. The van der Waals surface area contributed by atoms with Gasteiger partial charge in [0.1, 0.15) is 4.32 Å². The molecule has 1 fully saturated rings. The highest BCUT2D eigenvalue weighted by Gasteiger charge is 2.23. The van der Waals surface area contributed by atoms with Crippen LogP contribution in [0, 0.1) is 5.92 Å². The molecule has 0 aliphatic carbocycles. The third-order valence-electron chi connectivity index (χ3n) is 2.80. The van der Waals surface area contributed by atoms with E-state index in [1.165, 1.54) is 11.8 Å². The van der Waals surface area contributed by atoms with Gasteiger partial charge in [0.2, 0.25) is 0 Å². The second-order valence-corrected chi connectivity index (χ2v) is 6.15. The van der Waals surface area contributed by atoms with Crippen LogP contribution in [0.2, 0.25) is 0 Å². The van der Waals surface area contributed by atoms with Crippen molar-refractivity contribution in [3.8, 4) is 0 Å². The SMILES string of the molecule is CCCC(CCN(C)C=C1SC(=S)NC1=O)C(=O)O. The van der Waals surface area contributed by atoms with E-state index >= 15 is 0 Å². The van der Waals surface area contributed by atoms with Crippen LogP contribution in [0.3, 0.4) is 0 Å². The van der Waals surface area contributed by atoms with Gasteiger partial charge in [-0.15, -0.1) is 0 Å². The Morgan fingerprint density at radius 2 is 2.26 bits per heavy atom. The van der Waals surface area contributed by atoms with Gasteiger partial charge in [-0.3, -0.25) is 9.59 Å². The Hall–Kier alpha value is -1.08. The Morgan fingerprint density at radius 3 is 2.74 bits per heavy atom. The molecule has 0 aromatic carbocycles.